The lowest BCUT2D eigenvalue weighted by Gasteiger charge is -2.20. The van der Waals surface area contributed by atoms with Gasteiger partial charge in [-0.1, -0.05) is 31.2 Å². The number of aromatic nitrogens is 2. The van der Waals surface area contributed by atoms with Gasteiger partial charge in [-0.2, -0.15) is 5.10 Å². The van der Waals surface area contributed by atoms with E-state index < -0.39 is 0 Å². The van der Waals surface area contributed by atoms with E-state index in [1.165, 1.54) is 0 Å². The minimum atomic E-state index is 0.278. The van der Waals surface area contributed by atoms with Gasteiger partial charge < -0.3 is 11.1 Å². The first-order chi connectivity index (χ1) is 8.22. The maximum absolute atomic E-state index is 5.66. The summed E-state index contributed by atoms with van der Waals surface area (Å²) < 4.78 is 0. The van der Waals surface area contributed by atoms with Crippen LogP contribution >= 0.6 is 0 Å². The van der Waals surface area contributed by atoms with Crippen molar-refractivity contribution in [3.8, 4) is 0 Å². The molecule has 0 aliphatic rings. The van der Waals surface area contributed by atoms with E-state index in [4.69, 9.17) is 5.73 Å². The molecule has 1 aromatic heterocycles. The molecule has 2 atom stereocenters. The molecule has 4 nitrogen and oxygen atoms in total. The monoisotopic (exact) mass is 230 g/mol. The first-order valence-corrected chi connectivity index (χ1v) is 5.89. The number of nitrogens with two attached hydrogens (primary N) is 1. The highest BCUT2D eigenvalue weighted by Crippen LogP contribution is 2.20. The molecule has 2 unspecified atom stereocenters. The number of fused-ring (bicyclic) bond motifs is 1. The minimum absolute atomic E-state index is 0.278. The van der Waals surface area contributed by atoms with Crippen molar-refractivity contribution in [2.45, 2.75) is 19.9 Å². The first-order valence-electron chi connectivity index (χ1n) is 5.89. The topological polar surface area (TPSA) is 63.8 Å². The Morgan fingerprint density at radius 3 is 2.82 bits per heavy atom. The SMILES string of the molecule is CC(CN)C(C)Nc1nncc2ccccc12. The van der Waals surface area contributed by atoms with Crippen molar-refractivity contribution in [2.24, 2.45) is 11.7 Å². The predicted octanol–water partition coefficient (Wildman–Crippen LogP) is 2.02. The van der Waals surface area contributed by atoms with E-state index in [2.05, 4.69) is 29.4 Å². The van der Waals surface area contributed by atoms with Gasteiger partial charge in [0, 0.05) is 16.8 Å². The average molecular weight is 230 g/mol. The van der Waals surface area contributed by atoms with Crippen LogP contribution in [0.5, 0.6) is 0 Å². The van der Waals surface area contributed by atoms with E-state index in [-0.39, 0.29) is 6.04 Å². The summed E-state index contributed by atoms with van der Waals surface area (Å²) in [6.45, 7) is 4.89. The number of hydrogen-bond donors (Lipinski definition) is 2. The maximum atomic E-state index is 5.66. The van der Waals surface area contributed by atoms with Crippen molar-refractivity contribution in [3.05, 3.63) is 30.5 Å². The average Bonchev–Trinajstić information content (AvgIpc) is 2.38. The zero-order valence-electron chi connectivity index (χ0n) is 10.2. The largest absolute Gasteiger partial charge is 0.365 e. The first kappa shape index (κ1) is 11.8. The highest BCUT2D eigenvalue weighted by molar-refractivity contribution is 5.90. The van der Waals surface area contributed by atoms with Gasteiger partial charge in [-0.05, 0) is 19.4 Å². The van der Waals surface area contributed by atoms with Gasteiger partial charge in [0.25, 0.3) is 0 Å². The van der Waals surface area contributed by atoms with E-state index >= 15 is 0 Å². The summed E-state index contributed by atoms with van der Waals surface area (Å²) in [7, 11) is 0. The molecule has 0 amide bonds. The molecular weight excluding hydrogens is 212 g/mol. The molecule has 2 rings (SSSR count). The molecule has 0 bridgehead atoms. The summed E-state index contributed by atoms with van der Waals surface area (Å²) in [4.78, 5) is 0. The number of nitrogens with one attached hydrogen (secondary N) is 1. The molecule has 0 saturated heterocycles. The molecule has 90 valence electrons. The Morgan fingerprint density at radius 1 is 1.29 bits per heavy atom. The molecule has 0 aliphatic carbocycles. The van der Waals surface area contributed by atoms with Crippen molar-refractivity contribution < 1.29 is 0 Å². The van der Waals surface area contributed by atoms with Gasteiger partial charge in [0.15, 0.2) is 5.82 Å². The fourth-order valence-corrected chi connectivity index (χ4v) is 1.70. The third-order valence-electron chi connectivity index (χ3n) is 3.16. The molecule has 1 aromatic carbocycles. The second kappa shape index (κ2) is 5.10. The summed E-state index contributed by atoms with van der Waals surface area (Å²) in [5, 5.41) is 13.7. The molecule has 17 heavy (non-hydrogen) atoms. The summed E-state index contributed by atoms with van der Waals surface area (Å²) in [6.07, 6.45) is 1.78. The standard InChI is InChI=1S/C13H18N4/c1-9(7-14)10(2)16-13-12-6-4-3-5-11(12)8-15-17-13/h3-6,8-10H,7,14H2,1-2H3,(H,16,17). The van der Waals surface area contributed by atoms with Crippen LogP contribution in [0.1, 0.15) is 13.8 Å². The van der Waals surface area contributed by atoms with E-state index in [9.17, 15) is 0 Å². The van der Waals surface area contributed by atoms with E-state index in [1.54, 1.807) is 6.20 Å². The highest BCUT2D eigenvalue weighted by atomic mass is 15.2. The fourth-order valence-electron chi connectivity index (χ4n) is 1.70. The Kier molecular flexibility index (Phi) is 3.54. The van der Waals surface area contributed by atoms with Crippen LogP contribution < -0.4 is 11.1 Å². The smallest absolute Gasteiger partial charge is 0.156 e. The summed E-state index contributed by atoms with van der Waals surface area (Å²) in [5.41, 5.74) is 5.66. The quantitative estimate of drug-likeness (QED) is 0.843. The molecule has 0 fully saturated rings. The van der Waals surface area contributed by atoms with Crippen LogP contribution in [0.25, 0.3) is 10.8 Å². The highest BCUT2D eigenvalue weighted by Gasteiger charge is 2.12. The summed E-state index contributed by atoms with van der Waals surface area (Å²) in [5.74, 6) is 1.23. The summed E-state index contributed by atoms with van der Waals surface area (Å²) >= 11 is 0. The fraction of sp³-hybridized carbons (Fsp3) is 0.385. The van der Waals surface area contributed by atoms with Crippen LogP contribution in [0.3, 0.4) is 0 Å². The van der Waals surface area contributed by atoms with Gasteiger partial charge in [0.05, 0.1) is 6.20 Å². The molecule has 0 spiro atoms. The zero-order chi connectivity index (χ0) is 12.3. The Morgan fingerprint density at radius 2 is 2.06 bits per heavy atom. The minimum Gasteiger partial charge on any atom is -0.365 e. The van der Waals surface area contributed by atoms with Gasteiger partial charge in [0.2, 0.25) is 0 Å². The van der Waals surface area contributed by atoms with Gasteiger partial charge in [0.1, 0.15) is 0 Å². The number of rotatable bonds is 4. The number of nitrogens with zero attached hydrogens (tertiary/aromatic N) is 2. The Hall–Kier alpha value is -1.68. The molecule has 0 saturated carbocycles. The third-order valence-corrected chi connectivity index (χ3v) is 3.16. The van der Waals surface area contributed by atoms with Crippen molar-refractivity contribution in [3.63, 3.8) is 0 Å². The lowest BCUT2D eigenvalue weighted by Crippen LogP contribution is -2.29. The lowest BCUT2D eigenvalue weighted by molar-refractivity contribution is 0.520. The second-order valence-corrected chi connectivity index (χ2v) is 4.43. The Labute approximate surface area is 101 Å². The van der Waals surface area contributed by atoms with Crippen LogP contribution in [0.2, 0.25) is 0 Å². The molecule has 2 aromatic rings. The van der Waals surface area contributed by atoms with Crippen LogP contribution in [0.15, 0.2) is 30.5 Å². The molecule has 0 aliphatic heterocycles. The van der Waals surface area contributed by atoms with Crippen LogP contribution in [0, 0.1) is 5.92 Å². The van der Waals surface area contributed by atoms with Crippen molar-refractivity contribution in [2.75, 3.05) is 11.9 Å². The number of hydrogen-bond acceptors (Lipinski definition) is 4. The van der Waals surface area contributed by atoms with Crippen LogP contribution in [-0.4, -0.2) is 22.8 Å². The van der Waals surface area contributed by atoms with E-state index in [0.717, 1.165) is 16.6 Å². The van der Waals surface area contributed by atoms with Gasteiger partial charge >= 0.3 is 0 Å². The van der Waals surface area contributed by atoms with Crippen LogP contribution in [-0.2, 0) is 0 Å². The number of anilines is 1. The Bertz CT molecular complexity index is 492. The molecule has 1 heterocycles. The second-order valence-electron chi connectivity index (χ2n) is 4.43. The van der Waals surface area contributed by atoms with Crippen molar-refractivity contribution in [1.29, 1.82) is 0 Å². The van der Waals surface area contributed by atoms with Crippen molar-refractivity contribution in [1.82, 2.24) is 10.2 Å². The maximum Gasteiger partial charge on any atom is 0.156 e. The van der Waals surface area contributed by atoms with Crippen LogP contribution in [0.4, 0.5) is 5.82 Å². The molecule has 4 heteroatoms. The molecule has 3 N–H and O–H groups in total. The Balaban J connectivity index is 2.30. The zero-order valence-corrected chi connectivity index (χ0v) is 10.2. The predicted molar refractivity (Wildman–Crippen MR) is 70.8 cm³/mol. The van der Waals surface area contributed by atoms with E-state index in [0.29, 0.717) is 12.5 Å². The lowest BCUT2D eigenvalue weighted by atomic mass is 10.0. The number of benzene rings is 1. The summed E-state index contributed by atoms with van der Waals surface area (Å²) in [6, 6.07) is 8.37. The van der Waals surface area contributed by atoms with Crippen molar-refractivity contribution >= 4 is 16.6 Å². The van der Waals surface area contributed by atoms with Gasteiger partial charge in [-0.15, -0.1) is 5.10 Å². The van der Waals surface area contributed by atoms with Gasteiger partial charge in [-0.3, -0.25) is 0 Å². The third kappa shape index (κ3) is 2.53. The molecular formula is C13H18N4. The normalized spacial score (nSPS) is 14.5. The molecule has 0 radical (unpaired) electrons. The van der Waals surface area contributed by atoms with Gasteiger partial charge in [-0.25, -0.2) is 0 Å². The van der Waals surface area contributed by atoms with E-state index in [1.807, 2.05) is 24.3 Å².